The van der Waals surface area contributed by atoms with E-state index in [1.807, 2.05) is 6.07 Å². The van der Waals surface area contributed by atoms with Crippen LogP contribution in [0.5, 0.6) is 0 Å². The fourth-order valence-corrected chi connectivity index (χ4v) is 1.37. The van der Waals surface area contributed by atoms with Crippen molar-refractivity contribution in [1.29, 1.82) is 0 Å². The monoisotopic (exact) mass is 207 g/mol. The molecule has 0 amide bonds. The van der Waals surface area contributed by atoms with E-state index in [9.17, 15) is 0 Å². The molecule has 1 fully saturated rings. The molecule has 0 radical (unpaired) electrons. The van der Waals surface area contributed by atoms with E-state index in [4.69, 9.17) is 4.74 Å². The number of ether oxygens (including phenoxy) is 1. The average Bonchev–Trinajstić information content (AvgIpc) is 2.11. The Morgan fingerprint density at radius 1 is 1.33 bits per heavy atom. The van der Waals surface area contributed by atoms with Gasteiger partial charge in [-0.05, 0) is 0 Å². The Morgan fingerprint density at radius 2 is 2.07 bits per heavy atom. The zero-order valence-corrected chi connectivity index (χ0v) is 9.45. The first-order valence-electron chi connectivity index (χ1n) is 5.22. The summed E-state index contributed by atoms with van der Waals surface area (Å²) in [7, 11) is 0. The predicted octanol–water partition coefficient (Wildman–Crippen LogP) is 1.58. The average molecular weight is 207 g/mol. The normalized spacial score (nSPS) is 17.3. The van der Waals surface area contributed by atoms with Gasteiger partial charge in [0.2, 0.25) is 0 Å². The fourth-order valence-electron chi connectivity index (χ4n) is 1.37. The Kier molecular flexibility index (Phi) is 2.61. The number of rotatable bonds is 2. The first kappa shape index (κ1) is 10.4. The Bertz CT molecular complexity index is 342. The SMILES string of the molecule is CC(C)(C)c1cc(NC2COC2)ncn1. The van der Waals surface area contributed by atoms with E-state index in [0.29, 0.717) is 6.04 Å². The van der Waals surface area contributed by atoms with Gasteiger partial charge >= 0.3 is 0 Å². The summed E-state index contributed by atoms with van der Waals surface area (Å²) < 4.78 is 5.10. The van der Waals surface area contributed by atoms with E-state index < -0.39 is 0 Å². The van der Waals surface area contributed by atoms with Gasteiger partial charge in [-0.1, -0.05) is 20.8 Å². The molecule has 1 aliphatic rings. The van der Waals surface area contributed by atoms with E-state index in [2.05, 4.69) is 36.1 Å². The van der Waals surface area contributed by atoms with Crippen molar-refractivity contribution in [3.63, 3.8) is 0 Å². The minimum atomic E-state index is 0.0650. The van der Waals surface area contributed by atoms with Crippen molar-refractivity contribution in [2.75, 3.05) is 18.5 Å². The van der Waals surface area contributed by atoms with Crippen LogP contribution in [0.1, 0.15) is 26.5 Å². The molecule has 0 aromatic carbocycles. The topological polar surface area (TPSA) is 47.0 Å². The third-order valence-electron chi connectivity index (χ3n) is 2.43. The van der Waals surface area contributed by atoms with Crippen LogP contribution in [0.2, 0.25) is 0 Å². The van der Waals surface area contributed by atoms with Crippen LogP contribution >= 0.6 is 0 Å². The molecule has 4 nitrogen and oxygen atoms in total. The second kappa shape index (κ2) is 3.77. The third kappa shape index (κ3) is 2.45. The van der Waals surface area contributed by atoms with E-state index in [1.54, 1.807) is 6.33 Å². The molecule has 0 atom stereocenters. The summed E-state index contributed by atoms with van der Waals surface area (Å²) in [6, 6.07) is 2.42. The Hall–Kier alpha value is -1.16. The van der Waals surface area contributed by atoms with E-state index in [0.717, 1.165) is 24.7 Å². The van der Waals surface area contributed by atoms with Gasteiger partial charge in [-0.25, -0.2) is 9.97 Å². The maximum Gasteiger partial charge on any atom is 0.129 e. The Morgan fingerprint density at radius 3 is 2.60 bits per heavy atom. The summed E-state index contributed by atoms with van der Waals surface area (Å²) in [4.78, 5) is 8.48. The zero-order valence-electron chi connectivity index (χ0n) is 9.45. The van der Waals surface area contributed by atoms with Crippen molar-refractivity contribution in [3.05, 3.63) is 18.1 Å². The lowest BCUT2D eigenvalue weighted by atomic mass is 9.92. The van der Waals surface area contributed by atoms with Gasteiger partial charge in [-0.3, -0.25) is 0 Å². The largest absolute Gasteiger partial charge is 0.377 e. The molecule has 82 valence electrons. The maximum atomic E-state index is 5.10. The van der Waals surface area contributed by atoms with Gasteiger partial charge in [0, 0.05) is 11.5 Å². The quantitative estimate of drug-likeness (QED) is 0.800. The predicted molar refractivity (Wildman–Crippen MR) is 59.0 cm³/mol. The van der Waals surface area contributed by atoms with E-state index in [1.165, 1.54) is 0 Å². The molecule has 0 unspecified atom stereocenters. The highest BCUT2D eigenvalue weighted by atomic mass is 16.5. The molecule has 1 N–H and O–H groups in total. The van der Waals surface area contributed by atoms with Gasteiger partial charge in [0.25, 0.3) is 0 Å². The van der Waals surface area contributed by atoms with Crippen LogP contribution in [-0.4, -0.2) is 29.2 Å². The standard InChI is InChI=1S/C11H17N3O/c1-11(2,3)9-4-10(13-7-12-9)14-8-5-15-6-8/h4,7-8H,5-6H2,1-3H3,(H,12,13,14). The summed E-state index contributed by atoms with van der Waals surface area (Å²) in [5.41, 5.74) is 1.12. The second-order valence-electron chi connectivity index (χ2n) is 4.92. The molecule has 0 spiro atoms. The smallest absolute Gasteiger partial charge is 0.129 e. The number of nitrogens with one attached hydrogen (secondary N) is 1. The summed E-state index contributed by atoms with van der Waals surface area (Å²) in [6.45, 7) is 7.98. The molecular weight excluding hydrogens is 190 g/mol. The molecule has 0 saturated carbocycles. The first-order valence-corrected chi connectivity index (χ1v) is 5.22. The van der Waals surface area contributed by atoms with Gasteiger partial charge < -0.3 is 10.1 Å². The van der Waals surface area contributed by atoms with E-state index >= 15 is 0 Å². The molecule has 2 rings (SSSR count). The lowest BCUT2D eigenvalue weighted by Gasteiger charge is -2.27. The molecule has 1 saturated heterocycles. The van der Waals surface area contributed by atoms with Gasteiger partial charge in [0.1, 0.15) is 12.1 Å². The number of anilines is 1. The molecule has 1 aliphatic heterocycles. The van der Waals surface area contributed by atoms with E-state index in [-0.39, 0.29) is 5.41 Å². The second-order valence-corrected chi connectivity index (χ2v) is 4.92. The Labute approximate surface area is 90.1 Å². The molecule has 1 aromatic heterocycles. The lowest BCUT2D eigenvalue weighted by Crippen LogP contribution is -2.40. The Balaban J connectivity index is 2.11. The van der Waals surface area contributed by atoms with Crippen molar-refractivity contribution < 1.29 is 4.74 Å². The van der Waals surface area contributed by atoms with Crippen molar-refractivity contribution in [1.82, 2.24) is 9.97 Å². The summed E-state index contributed by atoms with van der Waals surface area (Å²) in [6.07, 6.45) is 1.61. The van der Waals surface area contributed by atoms with Crippen LogP contribution in [-0.2, 0) is 10.2 Å². The number of nitrogens with zero attached hydrogens (tertiary/aromatic N) is 2. The van der Waals surface area contributed by atoms with Crippen LogP contribution in [0.25, 0.3) is 0 Å². The molecule has 15 heavy (non-hydrogen) atoms. The third-order valence-corrected chi connectivity index (χ3v) is 2.43. The molecule has 1 aromatic rings. The van der Waals surface area contributed by atoms with Crippen LogP contribution < -0.4 is 5.32 Å². The summed E-state index contributed by atoms with van der Waals surface area (Å²) in [5.74, 6) is 0.892. The van der Waals surface area contributed by atoms with Gasteiger partial charge in [-0.2, -0.15) is 0 Å². The number of hydrogen-bond acceptors (Lipinski definition) is 4. The van der Waals surface area contributed by atoms with Gasteiger partial charge in [-0.15, -0.1) is 0 Å². The maximum absolute atomic E-state index is 5.10. The minimum Gasteiger partial charge on any atom is -0.377 e. The van der Waals surface area contributed by atoms with Crippen molar-refractivity contribution in [2.24, 2.45) is 0 Å². The number of aromatic nitrogens is 2. The summed E-state index contributed by atoms with van der Waals surface area (Å²) >= 11 is 0. The molecule has 4 heteroatoms. The number of hydrogen-bond donors (Lipinski definition) is 1. The highest BCUT2D eigenvalue weighted by Gasteiger charge is 2.20. The highest BCUT2D eigenvalue weighted by Crippen LogP contribution is 2.21. The molecule has 0 aliphatic carbocycles. The van der Waals surface area contributed by atoms with Crippen LogP contribution in [0.3, 0.4) is 0 Å². The minimum absolute atomic E-state index is 0.0650. The lowest BCUT2D eigenvalue weighted by molar-refractivity contribution is 0.0209. The van der Waals surface area contributed by atoms with Gasteiger partial charge in [0.15, 0.2) is 0 Å². The van der Waals surface area contributed by atoms with Crippen LogP contribution in [0, 0.1) is 0 Å². The summed E-state index contributed by atoms with van der Waals surface area (Å²) in [5, 5.41) is 3.31. The fraction of sp³-hybridized carbons (Fsp3) is 0.636. The van der Waals surface area contributed by atoms with Crippen molar-refractivity contribution in [2.45, 2.75) is 32.2 Å². The van der Waals surface area contributed by atoms with Crippen LogP contribution in [0.4, 0.5) is 5.82 Å². The zero-order chi connectivity index (χ0) is 10.9. The highest BCUT2D eigenvalue weighted by molar-refractivity contribution is 5.38. The van der Waals surface area contributed by atoms with Crippen molar-refractivity contribution >= 4 is 5.82 Å². The van der Waals surface area contributed by atoms with Gasteiger partial charge in [0.05, 0.1) is 24.9 Å². The van der Waals surface area contributed by atoms with Crippen molar-refractivity contribution in [3.8, 4) is 0 Å². The van der Waals surface area contributed by atoms with Crippen LogP contribution in [0.15, 0.2) is 12.4 Å². The molecular formula is C11H17N3O. The molecule has 2 heterocycles. The first-order chi connectivity index (χ1) is 7.05. The molecule has 0 bridgehead atoms.